The van der Waals surface area contributed by atoms with E-state index in [0.29, 0.717) is 28.2 Å². The molecule has 1 saturated heterocycles. The highest BCUT2D eigenvalue weighted by molar-refractivity contribution is 6.32. The number of aryl methyl sites for hydroxylation is 1. The lowest BCUT2D eigenvalue weighted by atomic mass is 9.98. The summed E-state index contributed by atoms with van der Waals surface area (Å²) in [6.07, 6.45) is 2.01. The number of rotatable bonds is 4. The minimum atomic E-state index is -0.280. The minimum Gasteiger partial charge on any atom is -0.495 e. The first kappa shape index (κ1) is 19.5. The smallest absolute Gasteiger partial charge is 0.258 e. The SMILES string of the molecule is COc1cc(C(=O)Nc2nc(C3CCNCC3)nn2C)ccc1Cl.Cl. The molecule has 9 heteroatoms. The van der Waals surface area contributed by atoms with Gasteiger partial charge in [0.1, 0.15) is 5.75 Å². The molecule has 1 amide bonds. The van der Waals surface area contributed by atoms with Gasteiger partial charge >= 0.3 is 0 Å². The van der Waals surface area contributed by atoms with Gasteiger partial charge in [-0.15, -0.1) is 12.4 Å². The van der Waals surface area contributed by atoms with Crippen molar-refractivity contribution in [3.05, 3.63) is 34.6 Å². The first-order valence-electron chi connectivity index (χ1n) is 7.85. The molecule has 2 N–H and O–H groups in total. The Hall–Kier alpha value is -1.83. The number of ether oxygens (including phenoxy) is 1. The molecule has 1 aliphatic heterocycles. The van der Waals surface area contributed by atoms with E-state index >= 15 is 0 Å². The first-order valence-corrected chi connectivity index (χ1v) is 8.23. The number of carbonyl (C=O) groups is 1. The number of aromatic nitrogens is 3. The summed E-state index contributed by atoms with van der Waals surface area (Å²) in [7, 11) is 3.28. The fraction of sp³-hybridized carbons (Fsp3) is 0.438. The van der Waals surface area contributed by atoms with Crippen molar-refractivity contribution in [3.63, 3.8) is 0 Å². The van der Waals surface area contributed by atoms with Crippen molar-refractivity contribution >= 4 is 35.9 Å². The van der Waals surface area contributed by atoms with Gasteiger partial charge in [0.15, 0.2) is 5.82 Å². The van der Waals surface area contributed by atoms with E-state index in [0.717, 1.165) is 31.8 Å². The molecule has 0 atom stereocenters. The molecule has 1 aromatic carbocycles. The third kappa shape index (κ3) is 4.42. The summed E-state index contributed by atoms with van der Waals surface area (Å²) >= 11 is 5.99. The van der Waals surface area contributed by atoms with E-state index in [-0.39, 0.29) is 18.3 Å². The molecule has 0 radical (unpaired) electrons. The second-order valence-corrected chi connectivity index (χ2v) is 6.15. The Morgan fingerprint density at radius 2 is 2.12 bits per heavy atom. The number of hydrogen-bond donors (Lipinski definition) is 2. The van der Waals surface area contributed by atoms with Crippen LogP contribution in [-0.2, 0) is 7.05 Å². The standard InChI is InChI=1S/C16H20ClN5O2.ClH/c1-22-16(19-14(21-22)10-5-7-18-8-6-10)20-15(23)11-3-4-12(17)13(9-11)24-2;/h3-4,9-10,18H,5-8H2,1-2H3,(H,19,20,21,23);1H. The van der Waals surface area contributed by atoms with Gasteiger partial charge in [0.2, 0.25) is 5.95 Å². The van der Waals surface area contributed by atoms with Crippen molar-refractivity contribution in [1.29, 1.82) is 0 Å². The Labute approximate surface area is 157 Å². The largest absolute Gasteiger partial charge is 0.495 e. The van der Waals surface area contributed by atoms with Crippen LogP contribution < -0.4 is 15.4 Å². The molecule has 0 saturated carbocycles. The fourth-order valence-electron chi connectivity index (χ4n) is 2.74. The number of methoxy groups -OCH3 is 1. The predicted molar refractivity (Wildman–Crippen MR) is 99.1 cm³/mol. The predicted octanol–water partition coefficient (Wildman–Crippen LogP) is 2.62. The third-order valence-corrected chi connectivity index (χ3v) is 4.43. The third-order valence-electron chi connectivity index (χ3n) is 4.12. The molecular formula is C16H21Cl2N5O2. The number of nitrogens with one attached hydrogen (secondary N) is 2. The van der Waals surface area contributed by atoms with Crippen LogP contribution in [0.1, 0.15) is 34.9 Å². The zero-order valence-electron chi connectivity index (χ0n) is 14.1. The Bertz CT molecular complexity index is 744. The van der Waals surface area contributed by atoms with Crippen LogP contribution in [0.5, 0.6) is 5.75 Å². The molecule has 3 rings (SSSR count). The van der Waals surface area contributed by atoms with E-state index in [1.54, 1.807) is 29.9 Å². The molecule has 7 nitrogen and oxygen atoms in total. The molecule has 0 unspecified atom stereocenters. The lowest BCUT2D eigenvalue weighted by molar-refractivity contribution is 0.102. The zero-order chi connectivity index (χ0) is 17.1. The molecule has 0 spiro atoms. The van der Waals surface area contributed by atoms with Gasteiger partial charge in [-0.1, -0.05) is 11.6 Å². The summed E-state index contributed by atoms with van der Waals surface area (Å²) in [6, 6.07) is 4.87. The molecule has 136 valence electrons. The molecule has 1 fully saturated rings. The van der Waals surface area contributed by atoms with Crippen molar-refractivity contribution in [2.75, 3.05) is 25.5 Å². The van der Waals surface area contributed by atoms with Gasteiger partial charge in [0.05, 0.1) is 12.1 Å². The number of benzene rings is 1. The topological polar surface area (TPSA) is 81.1 Å². The highest BCUT2D eigenvalue weighted by Crippen LogP contribution is 2.26. The van der Waals surface area contributed by atoms with Crippen LogP contribution in [0.15, 0.2) is 18.2 Å². The van der Waals surface area contributed by atoms with Gasteiger partial charge < -0.3 is 10.1 Å². The Morgan fingerprint density at radius 3 is 2.80 bits per heavy atom. The van der Waals surface area contributed by atoms with Crippen LogP contribution in [0.3, 0.4) is 0 Å². The van der Waals surface area contributed by atoms with Crippen LogP contribution in [0.2, 0.25) is 5.02 Å². The van der Waals surface area contributed by atoms with Gasteiger partial charge in [-0.3, -0.25) is 10.1 Å². The van der Waals surface area contributed by atoms with Crippen molar-refractivity contribution in [3.8, 4) is 5.75 Å². The lowest BCUT2D eigenvalue weighted by Gasteiger charge is -2.19. The van der Waals surface area contributed by atoms with Crippen LogP contribution in [-0.4, -0.2) is 40.9 Å². The summed E-state index contributed by atoms with van der Waals surface area (Å²) in [5.74, 6) is 1.72. The van der Waals surface area contributed by atoms with E-state index in [1.165, 1.54) is 7.11 Å². The van der Waals surface area contributed by atoms with Gasteiger partial charge in [-0.2, -0.15) is 10.1 Å². The van der Waals surface area contributed by atoms with E-state index in [9.17, 15) is 4.79 Å². The number of anilines is 1. The minimum absolute atomic E-state index is 0. The maximum absolute atomic E-state index is 12.4. The summed E-state index contributed by atoms with van der Waals surface area (Å²) in [5.41, 5.74) is 0.447. The lowest BCUT2D eigenvalue weighted by Crippen LogP contribution is -2.27. The maximum Gasteiger partial charge on any atom is 0.258 e. The number of piperidine rings is 1. The monoisotopic (exact) mass is 385 g/mol. The van der Waals surface area contributed by atoms with Crippen LogP contribution in [0.4, 0.5) is 5.95 Å². The van der Waals surface area contributed by atoms with E-state index in [2.05, 4.69) is 20.7 Å². The quantitative estimate of drug-likeness (QED) is 0.845. The van der Waals surface area contributed by atoms with Gasteiger partial charge in [-0.05, 0) is 44.1 Å². The van der Waals surface area contributed by atoms with Crippen LogP contribution in [0, 0.1) is 0 Å². The molecule has 1 aromatic heterocycles. The van der Waals surface area contributed by atoms with Crippen molar-refractivity contribution in [2.45, 2.75) is 18.8 Å². The van der Waals surface area contributed by atoms with Crippen LogP contribution in [0.25, 0.3) is 0 Å². The van der Waals surface area contributed by atoms with Crippen molar-refractivity contribution in [2.24, 2.45) is 7.05 Å². The van der Waals surface area contributed by atoms with Gasteiger partial charge in [-0.25, -0.2) is 4.68 Å². The van der Waals surface area contributed by atoms with E-state index in [1.807, 2.05) is 0 Å². The Kier molecular flexibility index (Phi) is 6.64. The molecular weight excluding hydrogens is 365 g/mol. The molecule has 2 aromatic rings. The molecule has 0 aliphatic carbocycles. The average molecular weight is 386 g/mol. The summed E-state index contributed by atoms with van der Waals surface area (Å²) in [5, 5.41) is 11.0. The van der Waals surface area contributed by atoms with Gasteiger partial charge in [0.25, 0.3) is 5.91 Å². The van der Waals surface area contributed by atoms with E-state index < -0.39 is 0 Å². The molecule has 25 heavy (non-hydrogen) atoms. The Balaban J connectivity index is 0.00000225. The molecule has 1 aliphatic rings. The number of hydrogen-bond acceptors (Lipinski definition) is 5. The van der Waals surface area contributed by atoms with E-state index in [4.69, 9.17) is 16.3 Å². The fourth-order valence-corrected chi connectivity index (χ4v) is 2.94. The van der Waals surface area contributed by atoms with Crippen molar-refractivity contribution < 1.29 is 9.53 Å². The Morgan fingerprint density at radius 1 is 1.40 bits per heavy atom. The second-order valence-electron chi connectivity index (χ2n) is 5.74. The zero-order valence-corrected chi connectivity index (χ0v) is 15.7. The first-order chi connectivity index (χ1) is 11.6. The second kappa shape index (κ2) is 8.51. The molecule has 0 bridgehead atoms. The van der Waals surface area contributed by atoms with Crippen LogP contribution >= 0.6 is 24.0 Å². The highest BCUT2D eigenvalue weighted by atomic mass is 35.5. The number of halogens is 2. The number of nitrogens with zero attached hydrogens (tertiary/aromatic N) is 3. The maximum atomic E-state index is 12.4. The summed E-state index contributed by atoms with van der Waals surface area (Å²) < 4.78 is 6.74. The highest BCUT2D eigenvalue weighted by Gasteiger charge is 2.21. The molecule has 2 heterocycles. The number of carbonyl (C=O) groups excluding carboxylic acids is 1. The normalized spacial score (nSPS) is 14.7. The van der Waals surface area contributed by atoms with Gasteiger partial charge in [0, 0.05) is 18.5 Å². The number of amides is 1. The summed E-state index contributed by atoms with van der Waals surface area (Å²) in [6.45, 7) is 1.93. The van der Waals surface area contributed by atoms with Crippen molar-refractivity contribution in [1.82, 2.24) is 20.1 Å². The summed E-state index contributed by atoms with van der Waals surface area (Å²) in [4.78, 5) is 16.9. The average Bonchev–Trinajstić information content (AvgIpc) is 2.97.